The van der Waals surface area contributed by atoms with E-state index in [-0.39, 0.29) is 0 Å². The van der Waals surface area contributed by atoms with Crippen molar-refractivity contribution in [2.75, 3.05) is 23.8 Å². The topological polar surface area (TPSA) is 29.0 Å². The molecule has 0 amide bonds. The van der Waals surface area contributed by atoms with Crippen molar-refractivity contribution in [3.05, 3.63) is 29.0 Å². The largest absolute Gasteiger partial charge is 0.373 e. The van der Waals surface area contributed by atoms with Crippen molar-refractivity contribution in [2.24, 2.45) is 0 Å². The normalized spacial score (nSPS) is 10.9. The van der Waals surface area contributed by atoms with Crippen LogP contribution in [-0.2, 0) is 0 Å². The molecule has 0 aliphatic carbocycles. The summed E-state index contributed by atoms with van der Waals surface area (Å²) < 4.78 is 0.963. The van der Waals surface area contributed by atoms with Crippen LogP contribution in [-0.4, -0.2) is 28.9 Å². The summed E-state index contributed by atoms with van der Waals surface area (Å²) in [5.41, 5.74) is 3.05. The van der Waals surface area contributed by atoms with Gasteiger partial charge in [-0.05, 0) is 40.9 Å². The Balaban J connectivity index is 2.15. The van der Waals surface area contributed by atoms with Gasteiger partial charge >= 0.3 is 0 Å². The Morgan fingerprint density at radius 3 is 2.84 bits per heavy atom. The maximum absolute atomic E-state index is 4.49. The van der Waals surface area contributed by atoms with E-state index in [1.807, 2.05) is 24.5 Å². The summed E-state index contributed by atoms with van der Waals surface area (Å²) in [4.78, 5) is 11.1. The van der Waals surface area contributed by atoms with Gasteiger partial charge < -0.3 is 4.90 Å². The molecule has 0 saturated carbocycles. The quantitative estimate of drug-likeness (QED) is 0.544. The summed E-state index contributed by atoms with van der Waals surface area (Å²) in [5, 5.41) is 1.09. The molecule has 0 bridgehead atoms. The lowest BCUT2D eigenvalue weighted by Gasteiger charge is -2.20. The van der Waals surface area contributed by atoms with Gasteiger partial charge in [-0.2, -0.15) is 0 Å². The van der Waals surface area contributed by atoms with Crippen LogP contribution in [0, 0.1) is 0 Å². The van der Waals surface area contributed by atoms with E-state index < -0.39 is 0 Å². The molecule has 0 aliphatic heterocycles. The standard InChI is InChI=1S/C14H17Br2N3/c1-19(8-4-2-3-6-15)13-5-7-17-12-9-11(16)10-18-14(12)13/h5,7,9-10H,2-4,6,8H2,1H3. The van der Waals surface area contributed by atoms with E-state index in [1.54, 1.807) is 0 Å². The molecule has 0 radical (unpaired) electrons. The Kier molecular flexibility index (Phi) is 5.58. The minimum Gasteiger partial charge on any atom is -0.373 e. The molecule has 0 aliphatic rings. The summed E-state index contributed by atoms with van der Waals surface area (Å²) in [6.45, 7) is 1.05. The molecule has 0 spiro atoms. The molecule has 0 unspecified atom stereocenters. The number of halogens is 2. The molecule has 3 nitrogen and oxygen atoms in total. The van der Waals surface area contributed by atoms with Crippen molar-refractivity contribution < 1.29 is 0 Å². The number of unbranched alkanes of at least 4 members (excludes halogenated alkanes) is 2. The van der Waals surface area contributed by atoms with Crippen LogP contribution in [0.2, 0.25) is 0 Å². The third kappa shape index (κ3) is 3.89. The first-order chi connectivity index (χ1) is 9.22. The summed E-state index contributed by atoms with van der Waals surface area (Å²) in [6, 6.07) is 4.04. The molecule has 0 atom stereocenters. The monoisotopic (exact) mass is 385 g/mol. The van der Waals surface area contributed by atoms with Crippen LogP contribution in [0.15, 0.2) is 29.0 Å². The third-order valence-corrected chi connectivity index (χ3v) is 4.06. The average molecular weight is 387 g/mol. The highest BCUT2D eigenvalue weighted by molar-refractivity contribution is 9.10. The maximum Gasteiger partial charge on any atom is 0.112 e. The van der Waals surface area contributed by atoms with Gasteiger partial charge in [-0.1, -0.05) is 22.4 Å². The zero-order valence-electron chi connectivity index (χ0n) is 10.9. The van der Waals surface area contributed by atoms with Gasteiger partial charge in [0.25, 0.3) is 0 Å². The van der Waals surface area contributed by atoms with E-state index in [1.165, 1.54) is 19.3 Å². The molecule has 2 rings (SSSR count). The number of nitrogens with zero attached hydrogens (tertiary/aromatic N) is 3. The first-order valence-corrected chi connectivity index (χ1v) is 8.31. The van der Waals surface area contributed by atoms with Gasteiger partial charge in [0.15, 0.2) is 0 Å². The van der Waals surface area contributed by atoms with Crippen molar-refractivity contribution in [3.63, 3.8) is 0 Å². The first kappa shape index (κ1) is 14.7. The van der Waals surface area contributed by atoms with Crippen molar-refractivity contribution in [3.8, 4) is 0 Å². The van der Waals surface area contributed by atoms with Crippen LogP contribution in [0.25, 0.3) is 11.0 Å². The molecule has 0 saturated heterocycles. The molecular weight excluding hydrogens is 370 g/mol. The minimum absolute atomic E-state index is 0.930. The van der Waals surface area contributed by atoms with Crippen LogP contribution in [0.5, 0.6) is 0 Å². The van der Waals surface area contributed by atoms with Gasteiger partial charge in [0, 0.05) is 35.8 Å². The fourth-order valence-corrected chi connectivity index (χ4v) is 2.76. The molecule has 5 heteroatoms. The Morgan fingerprint density at radius 2 is 2.05 bits per heavy atom. The van der Waals surface area contributed by atoms with Crippen molar-refractivity contribution in [2.45, 2.75) is 19.3 Å². The number of hydrogen-bond donors (Lipinski definition) is 0. The van der Waals surface area contributed by atoms with Crippen molar-refractivity contribution in [1.82, 2.24) is 9.97 Å². The number of fused-ring (bicyclic) bond motifs is 1. The molecule has 102 valence electrons. The number of pyridine rings is 2. The number of alkyl halides is 1. The van der Waals surface area contributed by atoms with E-state index in [0.717, 1.165) is 33.1 Å². The maximum atomic E-state index is 4.49. The van der Waals surface area contributed by atoms with Gasteiger partial charge in [0.1, 0.15) is 5.52 Å². The highest BCUT2D eigenvalue weighted by Crippen LogP contribution is 2.24. The lowest BCUT2D eigenvalue weighted by Crippen LogP contribution is -2.19. The lowest BCUT2D eigenvalue weighted by molar-refractivity contribution is 0.711. The summed E-state index contributed by atoms with van der Waals surface area (Å²) in [6.07, 6.45) is 7.35. The Labute approximate surface area is 130 Å². The SMILES string of the molecule is CN(CCCCCBr)c1ccnc2cc(Br)cnc12. The molecule has 0 aromatic carbocycles. The third-order valence-electron chi connectivity index (χ3n) is 3.06. The van der Waals surface area contributed by atoms with E-state index >= 15 is 0 Å². The minimum atomic E-state index is 0.930. The summed E-state index contributed by atoms with van der Waals surface area (Å²) >= 11 is 6.90. The molecule has 2 aromatic rings. The second-order valence-electron chi connectivity index (χ2n) is 4.52. The number of aromatic nitrogens is 2. The number of anilines is 1. The molecule has 0 N–H and O–H groups in total. The van der Waals surface area contributed by atoms with Crippen molar-refractivity contribution in [1.29, 1.82) is 0 Å². The molecule has 2 heterocycles. The highest BCUT2D eigenvalue weighted by Gasteiger charge is 2.08. The predicted molar refractivity (Wildman–Crippen MR) is 88.2 cm³/mol. The predicted octanol–water partition coefficient (Wildman–Crippen LogP) is 4.39. The Hall–Kier alpha value is -0.680. The van der Waals surface area contributed by atoms with Crippen LogP contribution in [0.4, 0.5) is 5.69 Å². The smallest absolute Gasteiger partial charge is 0.112 e. The Morgan fingerprint density at radius 1 is 1.21 bits per heavy atom. The van der Waals surface area contributed by atoms with E-state index in [9.17, 15) is 0 Å². The number of rotatable bonds is 6. The van der Waals surface area contributed by atoms with E-state index in [0.29, 0.717) is 0 Å². The van der Waals surface area contributed by atoms with Gasteiger partial charge in [0.05, 0.1) is 11.2 Å². The fourth-order valence-electron chi connectivity index (χ4n) is 2.04. The van der Waals surface area contributed by atoms with Crippen LogP contribution >= 0.6 is 31.9 Å². The van der Waals surface area contributed by atoms with E-state index in [2.05, 4.69) is 53.8 Å². The fraction of sp³-hybridized carbons (Fsp3) is 0.429. The van der Waals surface area contributed by atoms with Crippen LogP contribution in [0.1, 0.15) is 19.3 Å². The first-order valence-electron chi connectivity index (χ1n) is 6.39. The van der Waals surface area contributed by atoms with E-state index in [4.69, 9.17) is 0 Å². The Bertz CT molecular complexity index is 545. The van der Waals surface area contributed by atoms with Gasteiger partial charge in [-0.3, -0.25) is 9.97 Å². The highest BCUT2D eigenvalue weighted by atomic mass is 79.9. The van der Waals surface area contributed by atoms with Crippen LogP contribution in [0.3, 0.4) is 0 Å². The van der Waals surface area contributed by atoms with Crippen LogP contribution < -0.4 is 4.90 Å². The van der Waals surface area contributed by atoms with Crippen molar-refractivity contribution >= 4 is 48.6 Å². The molecule has 19 heavy (non-hydrogen) atoms. The second kappa shape index (κ2) is 7.20. The average Bonchev–Trinajstić information content (AvgIpc) is 2.42. The molecule has 2 aromatic heterocycles. The van der Waals surface area contributed by atoms with Gasteiger partial charge in [0.2, 0.25) is 0 Å². The zero-order chi connectivity index (χ0) is 13.7. The summed E-state index contributed by atoms with van der Waals surface area (Å²) in [7, 11) is 2.12. The second-order valence-corrected chi connectivity index (χ2v) is 6.23. The summed E-state index contributed by atoms with van der Waals surface area (Å²) in [5.74, 6) is 0. The molecule has 0 fully saturated rings. The zero-order valence-corrected chi connectivity index (χ0v) is 14.1. The lowest BCUT2D eigenvalue weighted by atomic mass is 10.2. The molecular formula is C14H17Br2N3. The number of hydrogen-bond acceptors (Lipinski definition) is 3. The van der Waals surface area contributed by atoms with Gasteiger partial charge in [-0.25, -0.2) is 0 Å². The van der Waals surface area contributed by atoms with Gasteiger partial charge in [-0.15, -0.1) is 0 Å².